The van der Waals surface area contributed by atoms with Crippen LogP contribution in [-0.4, -0.2) is 46.9 Å². The Morgan fingerprint density at radius 2 is 1.30 bits per heavy atom. The van der Waals surface area contributed by atoms with Crippen LogP contribution in [0, 0.1) is 11.6 Å². The summed E-state index contributed by atoms with van der Waals surface area (Å²) >= 11 is 0. The molecule has 0 bridgehead atoms. The van der Waals surface area contributed by atoms with Crippen LogP contribution in [-0.2, 0) is 0 Å². The smallest absolute Gasteiger partial charge is 0.272 e. The monoisotopic (exact) mass is 443 g/mol. The third-order valence-corrected chi connectivity index (χ3v) is 6.16. The molecular formula is C27H23F2N3O. The lowest BCUT2D eigenvalue weighted by molar-refractivity contribution is 0.0592. The molecule has 1 aromatic heterocycles. The van der Waals surface area contributed by atoms with Crippen LogP contribution < -0.4 is 0 Å². The first kappa shape index (κ1) is 21.2. The molecule has 1 saturated heterocycles. The number of nitrogens with zero attached hydrogens (tertiary/aromatic N) is 3. The molecule has 1 aliphatic heterocycles. The van der Waals surface area contributed by atoms with E-state index in [-0.39, 0.29) is 23.6 Å². The number of para-hydroxylation sites is 1. The second-order valence-corrected chi connectivity index (χ2v) is 8.22. The van der Waals surface area contributed by atoms with E-state index in [1.165, 1.54) is 24.3 Å². The quantitative estimate of drug-likeness (QED) is 0.442. The van der Waals surface area contributed by atoms with Gasteiger partial charge in [-0.3, -0.25) is 9.69 Å². The summed E-state index contributed by atoms with van der Waals surface area (Å²) in [6.45, 7) is 2.37. The summed E-state index contributed by atoms with van der Waals surface area (Å²) in [4.78, 5) is 21.7. The van der Waals surface area contributed by atoms with E-state index in [2.05, 4.69) is 9.88 Å². The Morgan fingerprint density at radius 3 is 1.91 bits per heavy atom. The molecule has 6 heteroatoms. The fraction of sp³-hybridized carbons (Fsp3) is 0.185. The second kappa shape index (κ2) is 9.08. The molecule has 2 heterocycles. The SMILES string of the molecule is O=C(c1ccc2ccccc2n1)N1CCN(C(c2ccc(F)cc2)c2ccc(F)cc2)CC1. The van der Waals surface area contributed by atoms with Crippen molar-refractivity contribution in [1.29, 1.82) is 0 Å². The van der Waals surface area contributed by atoms with E-state index in [1.807, 2.05) is 35.2 Å². The summed E-state index contributed by atoms with van der Waals surface area (Å²) in [6.07, 6.45) is 0. The Morgan fingerprint density at radius 1 is 0.727 bits per heavy atom. The average Bonchev–Trinajstić information content (AvgIpc) is 2.86. The highest BCUT2D eigenvalue weighted by Gasteiger charge is 2.29. The topological polar surface area (TPSA) is 36.4 Å². The number of benzene rings is 3. The van der Waals surface area contributed by atoms with Crippen molar-refractivity contribution >= 4 is 16.8 Å². The molecular weight excluding hydrogens is 420 g/mol. The lowest BCUT2D eigenvalue weighted by atomic mass is 9.96. The molecule has 5 rings (SSSR count). The molecule has 166 valence electrons. The Hall–Kier alpha value is -3.64. The number of fused-ring (bicyclic) bond motifs is 1. The molecule has 1 aliphatic rings. The Labute approximate surface area is 191 Å². The maximum Gasteiger partial charge on any atom is 0.272 e. The van der Waals surface area contributed by atoms with E-state index in [0.717, 1.165) is 22.0 Å². The summed E-state index contributed by atoms with van der Waals surface area (Å²) in [7, 11) is 0. The van der Waals surface area contributed by atoms with Crippen molar-refractivity contribution < 1.29 is 13.6 Å². The molecule has 0 atom stereocenters. The minimum absolute atomic E-state index is 0.0829. The van der Waals surface area contributed by atoms with Gasteiger partial charge < -0.3 is 4.90 Å². The van der Waals surface area contributed by atoms with Crippen LogP contribution in [0.15, 0.2) is 84.9 Å². The van der Waals surface area contributed by atoms with Crippen LogP contribution >= 0.6 is 0 Å². The van der Waals surface area contributed by atoms with Crippen molar-refractivity contribution in [3.8, 4) is 0 Å². The maximum atomic E-state index is 13.5. The molecule has 0 aliphatic carbocycles. The van der Waals surface area contributed by atoms with E-state index in [4.69, 9.17) is 0 Å². The predicted molar refractivity (Wildman–Crippen MR) is 124 cm³/mol. The molecule has 0 N–H and O–H groups in total. The maximum absolute atomic E-state index is 13.5. The first-order valence-electron chi connectivity index (χ1n) is 11.0. The summed E-state index contributed by atoms with van der Waals surface area (Å²) in [5.74, 6) is -0.676. The minimum Gasteiger partial charge on any atom is -0.335 e. The molecule has 0 saturated carbocycles. The molecule has 0 radical (unpaired) electrons. The molecule has 4 aromatic rings. The molecule has 4 nitrogen and oxygen atoms in total. The molecule has 1 amide bonds. The van der Waals surface area contributed by atoms with Crippen LogP contribution in [0.5, 0.6) is 0 Å². The standard InChI is InChI=1S/C27H23F2N3O/c28-22-10-5-20(6-11-22)26(21-7-12-23(29)13-8-21)31-15-17-32(18-16-31)27(33)25-14-9-19-3-1-2-4-24(19)30-25/h1-14,26H,15-18H2. The van der Waals surface area contributed by atoms with Gasteiger partial charge in [-0.25, -0.2) is 13.8 Å². The molecule has 3 aromatic carbocycles. The Balaban J connectivity index is 1.35. The number of aromatic nitrogens is 1. The van der Waals surface area contributed by atoms with Gasteiger partial charge in [0.2, 0.25) is 0 Å². The summed E-state index contributed by atoms with van der Waals surface area (Å²) in [5.41, 5.74) is 3.10. The lowest BCUT2D eigenvalue weighted by Crippen LogP contribution is -2.50. The van der Waals surface area contributed by atoms with E-state index in [0.29, 0.717) is 31.9 Å². The molecule has 0 unspecified atom stereocenters. The largest absolute Gasteiger partial charge is 0.335 e. The van der Waals surface area contributed by atoms with E-state index >= 15 is 0 Å². The zero-order valence-corrected chi connectivity index (χ0v) is 18.0. The number of amides is 1. The van der Waals surface area contributed by atoms with Crippen molar-refractivity contribution in [3.63, 3.8) is 0 Å². The number of carbonyl (C=O) groups is 1. The highest BCUT2D eigenvalue weighted by Crippen LogP contribution is 2.30. The van der Waals surface area contributed by atoms with Gasteiger partial charge in [-0.05, 0) is 47.5 Å². The van der Waals surface area contributed by atoms with Crippen LogP contribution in [0.25, 0.3) is 10.9 Å². The zero-order valence-electron chi connectivity index (χ0n) is 18.0. The van der Waals surface area contributed by atoms with Crippen LogP contribution in [0.3, 0.4) is 0 Å². The van der Waals surface area contributed by atoms with Gasteiger partial charge in [0.25, 0.3) is 5.91 Å². The van der Waals surface area contributed by atoms with Crippen molar-refractivity contribution in [2.75, 3.05) is 26.2 Å². The van der Waals surface area contributed by atoms with Crippen molar-refractivity contribution in [2.24, 2.45) is 0 Å². The number of piperazine rings is 1. The highest BCUT2D eigenvalue weighted by molar-refractivity contribution is 5.95. The average molecular weight is 443 g/mol. The van der Waals surface area contributed by atoms with Crippen LogP contribution in [0.4, 0.5) is 8.78 Å². The summed E-state index contributed by atoms with van der Waals surface area (Å²) in [5, 5.41) is 1.00. The number of halogens is 2. The minimum atomic E-state index is -0.296. The fourth-order valence-electron chi connectivity index (χ4n) is 4.43. The first-order valence-corrected chi connectivity index (χ1v) is 11.0. The number of hydrogen-bond acceptors (Lipinski definition) is 3. The van der Waals surface area contributed by atoms with Crippen LogP contribution in [0.1, 0.15) is 27.7 Å². The number of pyridine rings is 1. The highest BCUT2D eigenvalue weighted by atomic mass is 19.1. The third-order valence-electron chi connectivity index (χ3n) is 6.16. The van der Waals surface area contributed by atoms with Crippen molar-refractivity contribution in [3.05, 3.63) is 113 Å². The Kier molecular flexibility index (Phi) is 5.84. The zero-order chi connectivity index (χ0) is 22.8. The van der Waals surface area contributed by atoms with Gasteiger partial charge in [0.1, 0.15) is 17.3 Å². The summed E-state index contributed by atoms with van der Waals surface area (Å²) < 4.78 is 27.1. The van der Waals surface area contributed by atoms with Crippen molar-refractivity contribution in [2.45, 2.75) is 6.04 Å². The molecule has 0 spiro atoms. The van der Waals surface area contributed by atoms with Gasteiger partial charge in [0.05, 0.1) is 11.6 Å². The predicted octanol–water partition coefficient (Wildman–Crippen LogP) is 5.06. The van der Waals surface area contributed by atoms with Crippen LogP contribution in [0.2, 0.25) is 0 Å². The first-order chi connectivity index (χ1) is 16.1. The van der Waals surface area contributed by atoms with Gasteiger partial charge in [-0.2, -0.15) is 0 Å². The van der Waals surface area contributed by atoms with Gasteiger partial charge in [0, 0.05) is 31.6 Å². The van der Waals surface area contributed by atoms with Gasteiger partial charge >= 0.3 is 0 Å². The molecule has 33 heavy (non-hydrogen) atoms. The van der Waals surface area contributed by atoms with E-state index in [1.54, 1.807) is 30.3 Å². The van der Waals surface area contributed by atoms with E-state index < -0.39 is 0 Å². The molecule has 1 fully saturated rings. The number of hydrogen-bond donors (Lipinski definition) is 0. The lowest BCUT2D eigenvalue weighted by Gasteiger charge is -2.39. The second-order valence-electron chi connectivity index (χ2n) is 8.22. The normalized spacial score (nSPS) is 14.7. The summed E-state index contributed by atoms with van der Waals surface area (Å²) in [6, 6.07) is 24.1. The number of carbonyl (C=O) groups excluding carboxylic acids is 1. The van der Waals surface area contributed by atoms with Gasteiger partial charge in [0.15, 0.2) is 0 Å². The van der Waals surface area contributed by atoms with Crippen molar-refractivity contribution in [1.82, 2.24) is 14.8 Å². The number of rotatable bonds is 4. The van der Waals surface area contributed by atoms with E-state index in [9.17, 15) is 13.6 Å². The third kappa shape index (κ3) is 4.47. The van der Waals surface area contributed by atoms with Gasteiger partial charge in [-0.15, -0.1) is 0 Å². The fourth-order valence-corrected chi connectivity index (χ4v) is 4.43. The Bertz CT molecular complexity index is 1220. The van der Waals surface area contributed by atoms with Gasteiger partial charge in [-0.1, -0.05) is 48.5 Å².